The van der Waals surface area contributed by atoms with Gasteiger partial charge in [-0.15, -0.1) is 0 Å². The summed E-state index contributed by atoms with van der Waals surface area (Å²) in [4.78, 5) is 20.7. The van der Waals surface area contributed by atoms with Crippen LogP contribution in [0, 0.1) is 0 Å². The number of aldehydes is 1. The van der Waals surface area contributed by atoms with E-state index in [0.29, 0.717) is 0 Å². The van der Waals surface area contributed by atoms with Crippen LogP contribution < -0.4 is 5.32 Å². The van der Waals surface area contributed by atoms with Gasteiger partial charge in [-0.25, -0.2) is 0 Å². The highest BCUT2D eigenvalue weighted by Crippen LogP contribution is 2.12. The maximum atomic E-state index is 10.6. The van der Waals surface area contributed by atoms with Crippen LogP contribution in [-0.4, -0.2) is 21.0 Å². The second kappa shape index (κ2) is 4.64. The number of anilines is 1. The first-order valence-corrected chi connectivity index (χ1v) is 4.66. The average molecular weight is 212 g/mol. The molecule has 1 aromatic carbocycles. The normalized spacial score (nSPS) is 11.8. The molecule has 14 heavy (non-hydrogen) atoms. The van der Waals surface area contributed by atoms with E-state index in [0.717, 1.165) is 0 Å². The summed E-state index contributed by atoms with van der Waals surface area (Å²) in [6, 6.07) is 5.58. The molecule has 0 radical (unpaired) electrons. The smallest absolute Gasteiger partial charge is 0.288 e. The van der Waals surface area contributed by atoms with Gasteiger partial charge < -0.3 is 9.87 Å². The molecule has 1 unspecified atom stereocenters. The first-order chi connectivity index (χ1) is 6.63. The summed E-state index contributed by atoms with van der Waals surface area (Å²) in [5.41, 5.74) is 0.267. The van der Waals surface area contributed by atoms with Crippen molar-refractivity contribution in [2.24, 2.45) is 0 Å². The lowest BCUT2D eigenvalue weighted by molar-refractivity contribution is -0.127. The van der Waals surface area contributed by atoms with Crippen molar-refractivity contribution in [2.45, 2.75) is 4.90 Å². The van der Waals surface area contributed by atoms with Crippen LogP contribution >= 0.6 is 0 Å². The van der Waals surface area contributed by atoms with Gasteiger partial charge in [-0.3, -0.25) is 13.8 Å². The number of amides is 1. The second-order valence-corrected chi connectivity index (χ2v) is 3.31. The van der Waals surface area contributed by atoms with Crippen LogP contribution in [0.1, 0.15) is 0 Å². The summed E-state index contributed by atoms with van der Waals surface area (Å²) in [6.45, 7) is 0. The Balaban J connectivity index is 2.88. The van der Waals surface area contributed by atoms with Gasteiger partial charge in [0.1, 0.15) is 0 Å². The fourth-order valence-corrected chi connectivity index (χ4v) is 1.26. The molecule has 1 atom stereocenters. The van der Waals surface area contributed by atoms with E-state index in [1.165, 1.54) is 24.3 Å². The van der Waals surface area contributed by atoms with Crippen LogP contribution in [0.4, 0.5) is 5.69 Å². The number of hydrogen-bond acceptors (Lipinski definition) is 4. The van der Waals surface area contributed by atoms with Gasteiger partial charge in [0.2, 0.25) is 6.29 Å². The van der Waals surface area contributed by atoms with Crippen LogP contribution in [0.15, 0.2) is 29.2 Å². The van der Waals surface area contributed by atoms with E-state index >= 15 is 0 Å². The van der Waals surface area contributed by atoms with E-state index < -0.39 is 17.0 Å². The van der Waals surface area contributed by atoms with Crippen LogP contribution in [0.25, 0.3) is 0 Å². The second-order valence-electron chi connectivity index (χ2n) is 2.37. The van der Waals surface area contributed by atoms with Crippen molar-refractivity contribution in [1.29, 1.82) is 0 Å². The Labute approximate surface area is 82.4 Å². The molecule has 0 aliphatic heterocycles. The number of carbonyl (C=O) groups excluding carboxylic acids is 2. The number of benzene rings is 1. The van der Waals surface area contributed by atoms with E-state index in [4.69, 9.17) is 0 Å². The van der Waals surface area contributed by atoms with Gasteiger partial charge in [-0.2, -0.15) is 0 Å². The van der Waals surface area contributed by atoms with Gasteiger partial charge in [-0.05, 0) is 29.3 Å². The fraction of sp³-hybridized carbons (Fsp3) is 0. The third-order valence-electron chi connectivity index (χ3n) is 1.40. The third-order valence-corrected chi connectivity index (χ3v) is 2.04. The zero-order valence-corrected chi connectivity index (χ0v) is 7.74. The van der Waals surface area contributed by atoms with Gasteiger partial charge >= 0.3 is 0 Å². The van der Waals surface area contributed by atoms with Crippen LogP contribution in [0.2, 0.25) is 0 Å². The number of hydrogen-bond donors (Lipinski definition) is 1. The average Bonchev–Trinajstić information content (AvgIpc) is 2.18. The predicted octanol–water partition coefficient (Wildman–Crippen LogP) is 0.0620. The Bertz CT molecular complexity index is 391. The first kappa shape index (κ1) is 10.6. The summed E-state index contributed by atoms with van der Waals surface area (Å²) in [7, 11) is 0. The highest BCUT2D eigenvalue weighted by molar-refractivity contribution is 7.79. The number of nitrogens with one attached hydrogen (secondary N) is 1. The van der Waals surface area contributed by atoms with Crippen molar-refractivity contribution in [2.75, 3.05) is 5.32 Å². The third kappa shape index (κ3) is 2.75. The van der Waals surface area contributed by atoms with Crippen molar-refractivity contribution in [3.05, 3.63) is 24.3 Å². The Morgan fingerprint density at radius 3 is 2.79 bits per heavy atom. The maximum absolute atomic E-state index is 10.6. The van der Waals surface area contributed by atoms with E-state index in [-0.39, 0.29) is 16.9 Å². The monoisotopic (exact) mass is 212 g/mol. The summed E-state index contributed by atoms with van der Waals surface area (Å²) < 4.78 is 21.1. The largest absolute Gasteiger partial charge is 0.768 e. The Morgan fingerprint density at radius 2 is 2.21 bits per heavy atom. The topological polar surface area (TPSA) is 86.3 Å². The molecule has 6 heteroatoms. The standard InChI is InChI=1S/C8H7NO4S/c10-5-8(11)9-6-2-1-3-7(4-6)14(12)13/h1-5H,(H,9,11)(H,12,13)/p-1. The molecule has 1 N–H and O–H groups in total. The molecular weight excluding hydrogens is 206 g/mol. The molecule has 1 rings (SSSR count). The van der Waals surface area contributed by atoms with Crippen molar-refractivity contribution in [3.63, 3.8) is 0 Å². The van der Waals surface area contributed by atoms with E-state index in [1.54, 1.807) is 0 Å². The molecule has 0 saturated heterocycles. The van der Waals surface area contributed by atoms with Gasteiger partial charge in [-0.1, -0.05) is 6.07 Å². The van der Waals surface area contributed by atoms with Crippen molar-refractivity contribution in [1.82, 2.24) is 0 Å². The quantitative estimate of drug-likeness (QED) is 0.436. The van der Waals surface area contributed by atoms with E-state index in [2.05, 4.69) is 5.32 Å². The van der Waals surface area contributed by atoms with Crippen LogP contribution in [0.3, 0.4) is 0 Å². The summed E-state index contributed by atoms with van der Waals surface area (Å²) >= 11 is -2.35. The van der Waals surface area contributed by atoms with Gasteiger partial charge in [0.15, 0.2) is 0 Å². The highest BCUT2D eigenvalue weighted by atomic mass is 32.2. The van der Waals surface area contributed by atoms with Crippen LogP contribution in [-0.2, 0) is 20.7 Å². The number of rotatable bonds is 3. The molecule has 0 saturated carbocycles. The fourth-order valence-electron chi connectivity index (χ4n) is 0.849. The minimum absolute atomic E-state index is 0.0497. The van der Waals surface area contributed by atoms with Crippen molar-refractivity contribution >= 4 is 29.0 Å². The molecule has 0 aliphatic rings. The highest BCUT2D eigenvalue weighted by Gasteiger charge is 2.00. The molecule has 0 aliphatic carbocycles. The molecule has 0 aromatic heterocycles. The minimum atomic E-state index is -2.35. The predicted molar refractivity (Wildman–Crippen MR) is 48.3 cm³/mol. The molecule has 74 valence electrons. The van der Waals surface area contributed by atoms with Crippen molar-refractivity contribution in [3.8, 4) is 0 Å². The lowest BCUT2D eigenvalue weighted by Gasteiger charge is -2.06. The van der Waals surface area contributed by atoms with Crippen molar-refractivity contribution < 1.29 is 18.4 Å². The summed E-state index contributed by atoms with van der Waals surface area (Å²) in [5.74, 6) is -0.821. The molecule has 5 nitrogen and oxygen atoms in total. The Hall–Kier alpha value is -1.53. The lowest BCUT2D eigenvalue weighted by Crippen LogP contribution is -2.12. The summed E-state index contributed by atoms with van der Waals surface area (Å²) in [5, 5.41) is 2.21. The molecule has 0 bridgehead atoms. The molecular formula is C8H6NO4S-. The van der Waals surface area contributed by atoms with Gasteiger partial charge in [0, 0.05) is 10.6 Å². The van der Waals surface area contributed by atoms with E-state index in [9.17, 15) is 18.4 Å². The van der Waals surface area contributed by atoms with Gasteiger partial charge in [0.25, 0.3) is 5.91 Å². The lowest BCUT2D eigenvalue weighted by atomic mass is 10.3. The maximum Gasteiger partial charge on any atom is 0.288 e. The molecule has 0 heterocycles. The Morgan fingerprint density at radius 1 is 1.50 bits per heavy atom. The Kier molecular flexibility index (Phi) is 3.49. The minimum Gasteiger partial charge on any atom is -0.768 e. The van der Waals surface area contributed by atoms with Gasteiger partial charge in [0.05, 0.1) is 0 Å². The molecule has 0 spiro atoms. The zero-order valence-electron chi connectivity index (χ0n) is 6.93. The summed E-state index contributed by atoms with van der Waals surface area (Å²) in [6.07, 6.45) is 0.112. The van der Waals surface area contributed by atoms with E-state index in [1.807, 2.05) is 0 Å². The number of carbonyl (C=O) groups is 2. The molecule has 1 amide bonds. The zero-order chi connectivity index (χ0) is 10.6. The SMILES string of the molecule is O=CC(=O)Nc1cccc(S(=O)[O-])c1. The van der Waals surface area contributed by atoms with Crippen LogP contribution in [0.5, 0.6) is 0 Å². The first-order valence-electron chi connectivity index (χ1n) is 3.59. The molecule has 1 aromatic rings. The molecule has 0 fully saturated rings.